The van der Waals surface area contributed by atoms with Gasteiger partial charge in [0.25, 0.3) is 0 Å². The van der Waals surface area contributed by atoms with Crippen LogP contribution in [0.25, 0.3) is 0 Å². The van der Waals surface area contributed by atoms with Crippen LogP contribution in [0.15, 0.2) is 60.8 Å². The maximum atomic E-state index is 4.74. The third-order valence-corrected chi connectivity index (χ3v) is 4.59. The van der Waals surface area contributed by atoms with Crippen LogP contribution in [0.1, 0.15) is 16.7 Å². The molecule has 0 amide bonds. The van der Waals surface area contributed by atoms with E-state index in [2.05, 4.69) is 51.5 Å². The Morgan fingerprint density at radius 2 is 1.76 bits per heavy atom. The Balaban J connectivity index is 1.52. The number of benzene rings is 2. The normalized spacial score (nSPS) is 13.4. The Morgan fingerprint density at radius 1 is 1.00 bits per heavy atom. The number of aromatic nitrogens is 3. The van der Waals surface area contributed by atoms with Crippen LogP contribution in [0.5, 0.6) is 0 Å². The fraction of sp³-hybridized carbons (Fsp3) is 0.250. The van der Waals surface area contributed by atoms with Crippen molar-refractivity contribution in [2.45, 2.75) is 19.5 Å². The molecule has 25 heavy (non-hydrogen) atoms. The summed E-state index contributed by atoms with van der Waals surface area (Å²) in [6.45, 7) is 2.59. The first-order valence-corrected chi connectivity index (χ1v) is 8.56. The number of hydrogen-bond donors (Lipinski definition) is 0. The molecule has 4 rings (SSSR count). The fourth-order valence-electron chi connectivity index (χ4n) is 3.22. The summed E-state index contributed by atoms with van der Waals surface area (Å²) in [6.07, 6.45) is 2.79. The summed E-state index contributed by atoms with van der Waals surface area (Å²) >= 11 is 0. The number of anilines is 2. The Bertz CT molecular complexity index is 849. The first-order chi connectivity index (χ1) is 12.3. The van der Waals surface area contributed by atoms with Crippen molar-refractivity contribution in [1.29, 1.82) is 0 Å². The van der Waals surface area contributed by atoms with Crippen molar-refractivity contribution in [3.63, 3.8) is 0 Å². The number of rotatable bonds is 4. The molecule has 0 saturated heterocycles. The molecular formula is C20H21N5. The van der Waals surface area contributed by atoms with Crippen LogP contribution in [0, 0.1) is 0 Å². The van der Waals surface area contributed by atoms with Crippen molar-refractivity contribution < 1.29 is 0 Å². The van der Waals surface area contributed by atoms with Crippen LogP contribution in [0.3, 0.4) is 0 Å². The average Bonchev–Trinajstić information content (AvgIpc) is 2.68. The Kier molecular flexibility index (Phi) is 4.29. The monoisotopic (exact) mass is 331 g/mol. The van der Waals surface area contributed by atoms with Gasteiger partial charge in [0.05, 0.1) is 6.20 Å². The zero-order chi connectivity index (χ0) is 17.1. The molecule has 1 aromatic heterocycles. The van der Waals surface area contributed by atoms with E-state index in [0.717, 1.165) is 31.9 Å². The highest BCUT2D eigenvalue weighted by Crippen LogP contribution is 2.23. The van der Waals surface area contributed by atoms with E-state index in [0.29, 0.717) is 5.95 Å². The fourth-order valence-corrected chi connectivity index (χ4v) is 3.22. The Labute approximate surface area is 148 Å². The van der Waals surface area contributed by atoms with E-state index in [4.69, 9.17) is 4.98 Å². The second-order valence-corrected chi connectivity index (χ2v) is 6.40. The minimum atomic E-state index is 0.653. The summed E-state index contributed by atoms with van der Waals surface area (Å²) in [5, 5.41) is 8.40. The molecule has 2 heterocycles. The molecule has 1 aliphatic rings. The predicted molar refractivity (Wildman–Crippen MR) is 99.6 cm³/mol. The third kappa shape index (κ3) is 3.45. The van der Waals surface area contributed by atoms with Gasteiger partial charge in [0.1, 0.15) is 0 Å². The van der Waals surface area contributed by atoms with Gasteiger partial charge < -0.3 is 9.80 Å². The summed E-state index contributed by atoms with van der Waals surface area (Å²) in [7, 11) is 2.00. The average molecular weight is 331 g/mol. The molecule has 0 fully saturated rings. The van der Waals surface area contributed by atoms with Crippen molar-refractivity contribution in [3.05, 3.63) is 77.5 Å². The lowest BCUT2D eigenvalue weighted by Crippen LogP contribution is -2.31. The standard InChI is InChI=1S/C20H21N5/c1-24(14-16-7-3-2-4-8-16)20-22-19(13-21-23-20)25-12-11-17-9-5-6-10-18(17)15-25/h2-10,13H,11-12,14-15H2,1H3. The molecule has 3 aromatic rings. The van der Waals surface area contributed by atoms with E-state index in [9.17, 15) is 0 Å². The van der Waals surface area contributed by atoms with Gasteiger partial charge in [0.15, 0.2) is 5.82 Å². The van der Waals surface area contributed by atoms with Crippen LogP contribution in [-0.4, -0.2) is 28.8 Å². The molecular weight excluding hydrogens is 310 g/mol. The largest absolute Gasteiger partial charge is 0.350 e. The minimum absolute atomic E-state index is 0.653. The highest BCUT2D eigenvalue weighted by molar-refractivity contribution is 5.45. The maximum Gasteiger partial charge on any atom is 0.247 e. The molecule has 0 unspecified atom stereocenters. The van der Waals surface area contributed by atoms with Gasteiger partial charge in [-0.25, -0.2) is 0 Å². The minimum Gasteiger partial charge on any atom is -0.350 e. The zero-order valence-electron chi connectivity index (χ0n) is 14.3. The summed E-state index contributed by atoms with van der Waals surface area (Å²) in [6, 6.07) is 18.9. The smallest absolute Gasteiger partial charge is 0.247 e. The summed E-state index contributed by atoms with van der Waals surface area (Å²) < 4.78 is 0. The van der Waals surface area contributed by atoms with E-state index >= 15 is 0 Å². The lowest BCUT2D eigenvalue weighted by molar-refractivity contribution is 0.709. The molecule has 0 aliphatic carbocycles. The Morgan fingerprint density at radius 3 is 2.60 bits per heavy atom. The van der Waals surface area contributed by atoms with Crippen LogP contribution in [-0.2, 0) is 19.5 Å². The zero-order valence-corrected chi connectivity index (χ0v) is 14.3. The highest BCUT2D eigenvalue weighted by atomic mass is 15.3. The van der Waals surface area contributed by atoms with Gasteiger partial charge in [-0.05, 0) is 23.1 Å². The van der Waals surface area contributed by atoms with E-state index in [1.54, 1.807) is 6.20 Å². The van der Waals surface area contributed by atoms with Gasteiger partial charge in [-0.1, -0.05) is 54.6 Å². The first-order valence-electron chi connectivity index (χ1n) is 8.56. The van der Waals surface area contributed by atoms with Crippen LogP contribution >= 0.6 is 0 Å². The molecule has 0 saturated carbocycles. The quantitative estimate of drug-likeness (QED) is 0.735. The molecule has 0 radical (unpaired) electrons. The molecule has 0 atom stereocenters. The van der Waals surface area contributed by atoms with Gasteiger partial charge in [-0.2, -0.15) is 10.1 Å². The molecule has 5 nitrogen and oxygen atoms in total. The van der Waals surface area contributed by atoms with Crippen molar-refractivity contribution in [3.8, 4) is 0 Å². The molecule has 126 valence electrons. The summed E-state index contributed by atoms with van der Waals surface area (Å²) in [4.78, 5) is 9.05. The van der Waals surface area contributed by atoms with Gasteiger partial charge >= 0.3 is 0 Å². The van der Waals surface area contributed by atoms with Crippen molar-refractivity contribution in [2.24, 2.45) is 0 Å². The Hall–Kier alpha value is -2.95. The van der Waals surface area contributed by atoms with Crippen LogP contribution in [0.2, 0.25) is 0 Å². The predicted octanol–water partition coefficient (Wildman–Crippen LogP) is 3.07. The first kappa shape index (κ1) is 15.6. The van der Waals surface area contributed by atoms with Gasteiger partial charge in [0, 0.05) is 26.7 Å². The number of nitrogens with zero attached hydrogens (tertiary/aromatic N) is 5. The van der Waals surface area contributed by atoms with E-state index in [1.165, 1.54) is 16.7 Å². The van der Waals surface area contributed by atoms with Crippen molar-refractivity contribution in [2.75, 3.05) is 23.4 Å². The molecule has 0 N–H and O–H groups in total. The highest BCUT2D eigenvalue weighted by Gasteiger charge is 2.18. The van der Waals surface area contributed by atoms with Gasteiger partial charge in [-0.3, -0.25) is 0 Å². The van der Waals surface area contributed by atoms with Crippen LogP contribution < -0.4 is 9.80 Å². The SMILES string of the molecule is CN(Cc1ccccc1)c1nncc(N2CCc3ccccc3C2)n1. The summed E-state index contributed by atoms with van der Waals surface area (Å²) in [5.74, 6) is 1.54. The topological polar surface area (TPSA) is 45.2 Å². The van der Waals surface area contributed by atoms with E-state index < -0.39 is 0 Å². The second-order valence-electron chi connectivity index (χ2n) is 6.40. The maximum absolute atomic E-state index is 4.74. The summed E-state index contributed by atoms with van der Waals surface area (Å²) in [5.41, 5.74) is 4.03. The molecule has 5 heteroatoms. The van der Waals surface area contributed by atoms with Crippen LogP contribution in [0.4, 0.5) is 11.8 Å². The van der Waals surface area contributed by atoms with Crippen molar-refractivity contribution >= 4 is 11.8 Å². The van der Waals surface area contributed by atoms with Gasteiger partial charge in [0.2, 0.25) is 5.95 Å². The molecule has 0 bridgehead atoms. The third-order valence-electron chi connectivity index (χ3n) is 4.59. The van der Waals surface area contributed by atoms with E-state index in [1.807, 2.05) is 30.1 Å². The number of hydrogen-bond acceptors (Lipinski definition) is 5. The molecule has 1 aliphatic heterocycles. The van der Waals surface area contributed by atoms with Gasteiger partial charge in [-0.15, -0.1) is 5.10 Å². The molecule has 2 aromatic carbocycles. The number of fused-ring (bicyclic) bond motifs is 1. The second kappa shape index (κ2) is 6.89. The lowest BCUT2D eigenvalue weighted by Gasteiger charge is -2.30. The van der Waals surface area contributed by atoms with Crippen molar-refractivity contribution in [1.82, 2.24) is 15.2 Å². The van der Waals surface area contributed by atoms with E-state index in [-0.39, 0.29) is 0 Å². The lowest BCUT2D eigenvalue weighted by atomic mass is 10.0. The molecule has 0 spiro atoms.